The van der Waals surface area contributed by atoms with E-state index in [1.165, 1.54) is 25.4 Å². The number of hydrogen-bond acceptors (Lipinski definition) is 6. The molecule has 0 bridgehead atoms. The summed E-state index contributed by atoms with van der Waals surface area (Å²) < 4.78 is 37.1. The van der Waals surface area contributed by atoms with Gasteiger partial charge in [0.2, 0.25) is 5.88 Å². The lowest BCUT2D eigenvalue weighted by Gasteiger charge is -2.23. The fourth-order valence-corrected chi connectivity index (χ4v) is 3.49. The molecule has 9 heteroatoms. The van der Waals surface area contributed by atoms with E-state index in [4.69, 9.17) is 14.6 Å². The van der Waals surface area contributed by atoms with Crippen LogP contribution >= 0.6 is 0 Å². The summed E-state index contributed by atoms with van der Waals surface area (Å²) in [5.41, 5.74) is 1.10. The molecule has 1 saturated heterocycles. The van der Waals surface area contributed by atoms with Crippen LogP contribution in [0.1, 0.15) is 43.1 Å². The molecule has 3 heterocycles. The molecule has 2 N–H and O–H groups in total. The lowest BCUT2D eigenvalue weighted by Crippen LogP contribution is -2.33. The van der Waals surface area contributed by atoms with Crippen molar-refractivity contribution in [2.24, 2.45) is 5.92 Å². The molecule has 3 rings (SSSR count). The molecule has 0 aromatic carbocycles. The van der Waals surface area contributed by atoms with Crippen molar-refractivity contribution in [3.05, 3.63) is 47.4 Å². The van der Waals surface area contributed by atoms with Crippen molar-refractivity contribution >= 4 is 11.6 Å². The van der Waals surface area contributed by atoms with Gasteiger partial charge >= 0.3 is 0 Å². The van der Waals surface area contributed by atoms with Gasteiger partial charge in [-0.05, 0) is 31.0 Å². The third-order valence-corrected chi connectivity index (χ3v) is 5.19. The van der Waals surface area contributed by atoms with Gasteiger partial charge in [0, 0.05) is 11.5 Å². The van der Waals surface area contributed by atoms with Crippen molar-refractivity contribution in [1.29, 1.82) is 0 Å². The maximum Gasteiger partial charge on any atom is 0.280 e. The standard InChI is InChI=1S/C20H23F2N3O4/c1-10-11(2)29-17(19(27)24-12-4-5-13(9-26)23-8-12)16(10)14-6-7-15(18(21)22)25-20(14)28-3/h4-8,10-11,16-18,26H,9H2,1-3H3,(H,24,27)/t10-,11-,16+,17-/m1/s1. The minimum absolute atomic E-state index is 0.0594. The summed E-state index contributed by atoms with van der Waals surface area (Å²) in [7, 11) is 1.36. The number of halogens is 2. The van der Waals surface area contributed by atoms with Gasteiger partial charge in [0.05, 0.1) is 37.4 Å². The van der Waals surface area contributed by atoms with Gasteiger partial charge in [-0.2, -0.15) is 0 Å². The monoisotopic (exact) mass is 407 g/mol. The molecule has 4 atom stereocenters. The van der Waals surface area contributed by atoms with Gasteiger partial charge in [-0.3, -0.25) is 9.78 Å². The summed E-state index contributed by atoms with van der Waals surface area (Å²) in [6, 6.07) is 6.00. The Morgan fingerprint density at radius 2 is 2.07 bits per heavy atom. The zero-order valence-electron chi connectivity index (χ0n) is 16.3. The number of carbonyl (C=O) groups excluding carboxylic acids is 1. The predicted octanol–water partition coefficient (Wildman–Crippen LogP) is 3.06. The van der Waals surface area contributed by atoms with Crippen molar-refractivity contribution in [3.8, 4) is 5.88 Å². The van der Waals surface area contributed by atoms with Crippen LogP contribution in [0, 0.1) is 5.92 Å². The van der Waals surface area contributed by atoms with Gasteiger partial charge in [-0.15, -0.1) is 0 Å². The average Bonchev–Trinajstić information content (AvgIpc) is 3.02. The van der Waals surface area contributed by atoms with Crippen LogP contribution in [-0.2, 0) is 16.1 Å². The summed E-state index contributed by atoms with van der Waals surface area (Å²) >= 11 is 0. The van der Waals surface area contributed by atoms with Gasteiger partial charge in [0.1, 0.15) is 11.8 Å². The van der Waals surface area contributed by atoms with Crippen molar-refractivity contribution in [2.45, 2.75) is 45.0 Å². The quantitative estimate of drug-likeness (QED) is 0.765. The van der Waals surface area contributed by atoms with Crippen LogP contribution in [0.5, 0.6) is 5.88 Å². The van der Waals surface area contributed by atoms with Gasteiger partial charge in [-0.25, -0.2) is 13.8 Å². The Balaban J connectivity index is 1.88. The average molecular weight is 407 g/mol. The summed E-state index contributed by atoms with van der Waals surface area (Å²) in [5, 5.41) is 11.8. The van der Waals surface area contributed by atoms with Crippen LogP contribution in [0.15, 0.2) is 30.5 Å². The number of nitrogens with one attached hydrogen (secondary N) is 1. The van der Waals surface area contributed by atoms with Crippen molar-refractivity contribution in [2.75, 3.05) is 12.4 Å². The lowest BCUT2D eigenvalue weighted by molar-refractivity contribution is -0.127. The molecule has 29 heavy (non-hydrogen) atoms. The molecular weight excluding hydrogens is 384 g/mol. The van der Waals surface area contributed by atoms with E-state index in [0.717, 1.165) is 0 Å². The maximum atomic E-state index is 13.0. The molecule has 1 amide bonds. The lowest BCUT2D eigenvalue weighted by atomic mass is 9.83. The third-order valence-electron chi connectivity index (χ3n) is 5.19. The highest BCUT2D eigenvalue weighted by Crippen LogP contribution is 2.43. The van der Waals surface area contributed by atoms with Crippen LogP contribution in [0.4, 0.5) is 14.5 Å². The smallest absolute Gasteiger partial charge is 0.280 e. The molecule has 156 valence electrons. The van der Waals surface area contributed by atoms with Crippen LogP contribution in [0.2, 0.25) is 0 Å². The fraction of sp³-hybridized carbons (Fsp3) is 0.450. The predicted molar refractivity (Wildman–Crippen MR) is 101 cm³/mol. The van der Waals surface area contributed by atoms with Gasteiger partial charge < -0.3 is 19.9 Å². The van der Waals surface area contributed by atoms with Crippen molar-refractivity contribution < 1.29 is 28.2 Å². The van der Waals surface area contributed by atoms with E-state index in [2.05, 4.69) is 15.3 Å². The zero-order valence-corrected chi connectivity index (χ0v) is 16.3. The van der Waals surface area contributed by atoms with Crippen LogP contribution in [0.25, 0.3) is 0 Å². The topological polar surface area (TPSA) is 93.6 Å². The number of pyridine rings is 2. The Hall–Kier alpha value is -2.65. The molecule has 0 radical (unpaired) electrons. The van der Waals surface area contributed by atoms with E-state index in [1.807, 2.05) is 13.8 Å². The first-order valence-corrected chi connectivity index (χ1v) is 9.20. The minimum atomic E-state index is -2.72. The highest BCUT2D eigenvalue weighted by molar-refractivity contribution is 5.95. The summed E-state index contributed by atoms with van der Waals surface area (Å²) in [5.74, 6) is -0.827. The van der Waals surface area contributed by atoms with Crippen molar-refractivity contribution in [3.63, 3.8) is 0 Å². The van der Waals surface area contributed by atoms with E-state index in [-0.39, 0.29) is 36.1 Å². The first kappa shape index (κ1) is 21.1. The molecule has 0 aliphatic carbocycles. The number of aliphatic hydroxyl groups is 1. The third kappa shape index (κ3) is 4.35. The second-order valence-electron chi connectivity index (χ2n) is 6.97. The molecule has 7 nitrogen and oxygen atoms in total. The number of rotatable bonds is 6. The number of ether oxygens (including phenoxy) is 2. The summed E-state index contributed by atoms with van der Waals surface area (Å²) in [4.78, 5) is 20.9. The molecule has 0 unspecified atom stereocenters. The number of hydrogen-bond donors (Lipinski definition) is 2. The number of nitrogens with zero attached hydrogens (tertiary/aromatic N) is 2. The van der Waals surface area contributed by atoms with E-state index in [9.17, 15) is 13.6 Å². The number of methoxy groups -OCH3 is 1. The Kier molecular flexibility index (Phi) is 6.39. The van der Waals surface area contributed by atoms with E-state index in [1.54, 1.807) is 12.1 Å². The summed E-state index contributed by atoms with van der Waals surface area (Å²) in [6.07, 6.45) is -2.36. The molecule has 0 saturated carbocycles. The van der Waals surface area contributed by atoms with Crippen molar-refractivity contribution in [1.82, 2.24) is 9.97 Å². The Bertz CT molecular complexity index is 863. The zero-order chi connectivity index (χ0) is 21.1. The number of amides is 1. The highest BCUT2D eigenvalue weighted by atomic mass is 19.3. The Labute approximate surface area is 167 Å². The minimum Gasteiger partial charge on any atom is -0.481 e. The maximum absolute atomic E-state index is 13.0. The van der Waals surface area contributed by atoms with E-state index < -0.39 is 18.4 Å². The number of aromatic nitrogens is 2. The van der Waals surface area contributed by atoms with E-state index >= 15 is 0 Å². The van der Waals surface area contributed by atoms with Crippen LogP contribution in [0.3, 0.4) is 0 Å². The van der Waals surface area contributed by atoms with E-state index in [0.29, 0.717) is 16.9 Å². The van der Waals surface area contributed by atoms with Gasteiger partial charge in [0.25, 0.3) is 12.3 Å². The number of carbonyl (C=O) groups is 1. The number of anilines is 1. The Morgan fingerprint density at radius 1 is 1.31 bits per heavy atom. The molecule has 1 aliphatic heterocycles. The molecule has 1 aliphatic rings. The molecule has 2 aromatic heterocycles. The molecule has 1 fully saturated rings. The van der Waals surface area contributed by atoms with Gasteiger partial charge in [0.15, 0.2) is 0 Å². The van der Waals surface area contributed by atoms with Crippen LogP contribution < -0.4 is 10.1 Å². The van der Waals surface area contributed by atoms with Gasteiger partial charge in [-0.1, -0.05) is 13.0 Å². The normalized spacial score (nSPS) is 24.0. The molecule has 2 aromatic rings. The molecular formula is C20H23F2N3O4. The first-order chi connectivity index (χ1) is 13.8. The SMILES string of the molecule is COc1nc(C(F)F)ccc1[C@@H]1[C@H](C)[C@@H](C)O[C@H]1C(=O)Nc1ccc(CO)nc1. The van der Waals surface area contributed by atoms with Crippen LogP contribution in [-0.4, -0.2) is 40.3 Å². The Morgan fingerprint density at radius 3 is 2.66 bits per heavy atom. The summed E-state index contributed by atoms with van der Waals surface area (Å²) in [6.45, 7) is 3.59. The fourth-order valence-electron chi connectivity index (χ4n) is 3.49. The second-order valence-corrected chi connectivity index (χ2v) is 6.97. The first-order valence-electron chi connectivity index (χ1n) is 9.20. The largest absolute Gasteiger partial charge is 0.481 e. The second kappa shape index (κ2) is 8.79. The highest BCUT2D eigenvalue weighted by Gasteiger charge is 2.46. The number of aliphatic hydroxyl groups excluding tert-OH is 1. The number of alkyl halides is 2. The molecule has 0 spiro atoms.